The molecule has 1 fully saturated rings. The van der Waals surface area contributed by atoms with Crippen LogP contribution in [0.25, 0.3) is 0 Å². The molecule has 1 saturated heterocycles. The van der Waals surface area contributed by atoms with E-state index < -0.39 is 0 Å². The summed E-state index contributed by atoms with van der Waals surface area (Å²) >= 11 is 0. The monoisotopic (exact) mass is 325 g/mol. The molecule has 1 unspecified atom stereocenters. The summed E-state index contributed by atoms with van der Waals surface area (Å²) in [5, 5.41) is 0. The van der Waals surface area contributed by atoms with E-state index in [9.17, 15) is 9.59 Å². The number of hydrogen-bond donors (Lipinski definition) is 0. The maximum Gasteiger partial charge on any atom is 0.311 e. The summed E-state index contributed by atoms with van der Waals surface area (Å²) in [5.41, 5.74) is 0. The predicted molar refractivity (Wildman–Crippen MR) is 93.2 cm³/mol. The number of ether oxygens (including phenoxy) is 1. The number of amides is 1. The molecule has 4 heteroatoms. The third-order valence-corrected chi connectivity index (χ3v) is 4.57. The van der Waals surface area contributed by atoms with Crippen LogP contribution in [-0.4, -0.2) is 36.5 Å². The Bertz CT molecular complexity index is 344. The summed E-state index contributed by atoms with van der Waals surface area (Å²) in [5.74, 6) is -0.316. The van der Waals surface area contributed by atoms with E-state index in [0.29, 0.717) is 19.6 Å². The number of esters is 1. The largest absolute Gasteiger partial charge is 0.465 e. The number of carbonyl (C=O) groups excluding carboxylic acids is 2. The lowest BCUT2D eigenvalue weighted by Crippen LogP contribution is -2.27. The third kappa shape index (κ3) is 8.38. The maximum atomic E-state index is 12.0. The Kier molecular flexibility index (Phi) is 10.8. The lowest BCUT2D eigenvalue weighted by Gasteiger charge is -2.16. The first kappa shape index (κ1) is 20.0. The molecule has 0 aromatic heterocycles. The zero-order chi connectivity index (χ0) is 16.9. The van der Waals surface area contributed by atoms with Gasteiger partial charge in [0.25, 0.3) is 0 Å². The first-order valence-electron chi connectivity index (χ1n) is 9.63. The molecule has 0 radical (unpaired) electrons. The van der Waals surface area contributed by atoms with Crippen LogP contribution < -0.4 is 0 Å². The van der Waals surface area contributed by atoms with Crippen LogP contribution in [0.2, 0.25) is 0 Å². The third-order valence-electron chi connectivity index (χ3n) is 4.57. The van der Waals surface area contributed by atoms with E-state index in [1.807, 2.05) is 4.90 Å². The fourth-order valence-corrected chi connectivity index (χ4v) is 3.02. The highest BCUT2D eigenvalue weighted by molar-refractivity contribution is 5.86. The van der Waals surface area contributed by atoms with Gasteiger partial charge in [0.1, 0.15) is 0 Å². The van der Waals surface area contributed by atoms with Gasteiger partial charge in [-0.15, -0.1) is 0 Å². The molecular formula is C19H35NO3. The molecular weight excluding hydrogens is 290 g/mol. The molecule has 0 spiro atoms. The fraction of sp³-hybridized carbons (Fsp3) is 0.895. The highest BCUT2D eigenvalue weighted by Crippen LogP contribution is 2.20. The van der Waals surface area contributed by atoms with E-state index in [2.05, 4.69) is 13.8 Å². The van der Waals surface area contributed by atoms with Gasteiger partial charge in [0.2, 0.25) is 5.91 Å². The van der Waals surface area contributed by atoms with Crippen LogP contribution in [0.3, 0.4) is 0 Å². The molecule has 0 aliphatic carbocycles. The highest BCUT2D eigenvalue weighted by atomic mass is 16.5. The van der Waals surface area contributed by atoms with Gasteiger partial charge in [-0.05, 0) is 12.8 Å². The molecule has 134 valence electrons. The average Bonchev–Trinajstić information content (AvgIpc) is 2.91. The number of likely N-dealkylation sites (tertiary alicyclic amines) is 1. The Labute approximate surface area is 141 Å². The second kappa shape index (κ2) is 12.4. The maximum absolute atomic E-state index is 12.0. The zero-order valence-corrected chi connectivity index (χ0v) is 15.1. The number of nitrogens with zero attached hydrogens (tertiary/aromatic N) is 1. The van der Waals surface area contributed by atoms with Crippen LogP contribution in [-0.2, 0) is 14.3 Å². The minimum absolute atomic E-state index is 0.116. The predicted octanol–water partition coefficient (Wildman–Crippen LogP) is 4.32. The average molecular weight is 325 g/mol. The molecule has 23 heavy (non-hydrogen) atoms. The summed E-state index contributed by atoms with van der Waals surface area (Å²) < 4.78 is 5.23. The second-order valence-corrected chi connectivity index (χ2v) is 6.74. The Morgan fingerprint density at radius 1 is 1.00 bits per heavy atom. The number of carbonyl (C=O) groups is 2. The van der Waals surface area contributed by atoms with Gasteiger partial charge in [-0.1, -0.05) is 65.2 Å². The van der Waals surface area contributed by atoms with Crippen molar-refractivity contribution in [2.75, 3.05) is 19.7 Å². The second-order valence-electron chi connectivity index (χ2n) is 6.74. The van der Waals surface area contributed by atoms with Crippen LogP contribution in [0.4, 0.5) is 0 Å². The van der Waals surface area contributed by atoms with E-state index in [1.165, 1.54) is 44.9 Å². The minimum Gasteiger partial charge on any atom is -0.465 e. The molecule has 1 aliphatic rings. The van der Waals surface area contributed by atoms with Gasteiger partial charge >= 0.3 is 5.97 Å². The molecule has 1 aliphatic heterocycles. The summed E-state index contributed by atoms with van der Waals surface area (Å²) in [6, 6.07) is 0. The molecule has 1 amide bonds. The van der Waals surface area contributed by atoms with Crippen LogP contribution in [0.1, 0.15) is 84.5 Å². The van der Waals surface area contributed by atoms with Gasteiger partial charge in [0, 0.05) is 19.5 Å². The SMILES string of the molecule is CCCCCCCCCCN1CC(C(=O)OCCCC)CC1=O. The van der Waals surface area contributed by atoms with E-state index in [-0.39, 0.29) is 17.8 Å². The Morgan fingerprint density at radius 2 is 1.61 bits per heavy atom. The zero-order valence-electron chi connectivity index (χ0n) is 15.1. The summed E-state index contributed by atoms with van der Waals surface area (Å²) in [7, 11) is 0. The van der Waals surface area contributed by atoms with Crippen molar-refractivity contribution >= 4 is 11.9 Å². The van der Waals surface area contributed by atoms with Gasteiger partial charge in [0.05, 0.1) is 12.5 Å². The normalized spacial score (nSPS) is 17.7. The molecule has 0 saturated carbocycles. The topological polar surface area (TPSA) is 46.6 Å². The quantitative estimate of drug-likeness (QED) is 0.374. The molecule has 0 bridgehead atoms. The van der Waals surface area contributed by atoms with Crippen LogP contribution in [0, 0.1) is 5.92 Å². The molecule has 1 heterocycles. The van der Waals surface area contributed by atoms with Gasteiger partial charge in [0.15, 0.2) is 0 Å². The Hall–Kier alpha value is -1.06. The number of unbranched alkanes of at least 4 members (excludes halogenated alkanes) is 8. The van der Waals surface area contributed by atoms with Crippen LogP contribution >= 0.6 is 0 Å². The minimum atomic E-state index is -0.242. The first-order valence-corrected chi connectivity index (χ1v) is 9.63. The highest BCUT2D eigenvalue weighted by Gasteiger charge is 2.34. The number of rotatable bonds is 13. The van der Waals surface area contributed by atoms with Crippen molar-refractivity contribution in [2.24, 2.45) is 5.92 Å². The van der Waals surface area contributed by atoms with Crippen LogP contribution in [0.5, 0.6) is 0 Å². The van der Waals surface area contributed by atoms with Crippen molar-refractivity contribution < 1.29 is 14.3 Å². The lowest BCUT2D eigenvalue weighted by molar-refractivity contribution is -0.148. The van der Waals surface area contributed by atoms with Crippen molar-refractivity contribution in [3.8, 4) is 0 Å². The Morgan fingerprint density at radius 3 is 2.26 bits per heavy atom. The summed E-state index contributed by atoms with van der Waals surface area (Å²) in [4.78, 5) is 25.7. The standard InChI is InChI=1S/C19H35NO3/c1-3-5-7-8-9-10-11-12-13-20-16-17(15-18(20)21)19(22)23-14-6-4-2/h17H,3-16H2,1-2H3. The molecule has 0 aromatic rings. The van der Waals surface area contributed by atoms with E-state index >= 15 is 0 Å². The first-order chi connectivity index (χ1) is 11.2. The van der Waals surface area contributed by atoms with E-state index in [1.54, 1.807) is 0 Å². The smallest absolute Gasteiger partial charge is 0.311 e. The van der Waals surface area contributed by atoms with Gasteiger partial charge in [-0.3, -0.25) is 9.59 Å². The fourth-order valence-electron chi connectivity index (χ4n) is 3.02. The van der Waals surface area contributed by atoms with Gasteiger partial charge in [-0.2, -0.15) is 0 Å². The summed E-state index contributed by atoms with van der Waals surface area (Å²) in [6.45, 7) is 6.14. The van der Waals surface area contributed by atoms with Crippen molar-refractivity contribution in [3.63, 3.8) is 0 Å². The van der Waals surface area contributed by atoms with E-state index in [0.717, 1.165) is 25.8 Å². The lowest BCUT2D eigenvalue weighted by atomic mass is 10.1. The van der Waals surface area contributed by atoms with Crippen LogP contribution in [0.15, 0.2) is 0 Å². The van der Waals surface area contributed by atoms with E-state index in [4.69, 9.17) is 4.74 Å². The van der Waals surface area contributed by atoms with Gasteiger partial charge < -0.3 is 9.64 Å². The van der Waals surface area contributed by atoms with Crippen molar-refractivity contribution in [2.45, 2.75) is 84.5 Å². The molecule has 0 aromatic carbocycles. The van der Waals surface area contributed by atoms with Gasteiger partial charge in [-0.25, -0.2) is 0 Å². The number of hydrogen-bond acceptors (Lipinski definition) is 3. The molecule has 1 atom stereocenters. The molecule has 1 rings (SSSR count). The van der Waals surface area contributed by atoms with Crippen molar-refractivity contribution in [1.82, 2.24) is 4.90 Å². The molecule has 0 N–H and O–H groups in total. The van der Waals surface area contributed by atoms with Crippen molar-refractivity contribution in [1.29, 1.82) is 0 Å². The Balaban J connectivity index is 2.09. The van der Waals surface area contributed by atoms with Crippen molar-refractivity contribution in [3.05, 3.63) is 0 Å². The summed E-state index contributed by atoms with van der Waals surface area (Å²) in [6.07, 6.45) is 12.4. The molecule has 4 nitrogen and oxygen atoms in total.